The molecule has 1 N–H and O–H groups in total. The molecule has 34 heavy (non-hydrogen) atoms. The van der Waals surface area contributed by atoms with Crippen molar-refractivity contribution in [2.24, 2.45) is 0 Å². The van der Waals surface area contributed by atoms with Crippen LogP contribution in [0.25, 0.3) is 10.8 Å². The molecule has 10 heteroatoms. The highest BCUT2D eigenvalue weighted by molar-refractivity contribution is 7.89. The Kier molecular flexibility index (Phi) is 6.88. The smallest absolute Gasteiger partial charge is 0.245 e. The van der Waals surface area contributed by atoms with Crippen molar-refractivity contribution >= 4 is 44.2 Å². The van der Waals surface area contributed by atoms with Crippen molar-refractivity contribution in [3.05, 3.63) is 71.5 Å². The van der Waals surface area contributed by atoms with Crippen LogP contribution in [-0.2, 0) is 26.2 Å². The summed E-state index contributed by atoms with van der Waals surface area (Å²) in [6.07, 6.45) is 3.62. The molecule has 0 radical (unpaired) electrons. The zero-order chi connectivity index (χ0) is 24.5. The fourth-order valence-electron chi connectivity index (χ4n) is 4.11. The number of carbonyl (C=O) groups excluding carboxylic acids is 2. The molecule has 1 aromatic heterocycles. The Morgan fingerprint density at radius 3 is 2.71 bits per heavy atom. The van der Waals surface area contributed by atoms with E-state index in [1.165, 1.54) is 15.9 Å². The number of hydrogen-bond donors (Lipinski definition) is 1. The Hall–Kier alpha value is -3.01. The number of pyridine rings is 1. The lowest BCUT2D eigenvalue weighted by molar-refractivity contribution is -0.142. The van der Waals surface area contributed by atoms with E-state index in [2.05, 4.69) is 9.71 Å². The van der Waals surface area contributed by atoms with Crippen LogP contribution in [0.15, 0.2) is 65.8 Å². The maximum absolute atomic E-state index is 13.0. The Bertz CT molecular complexity index is 1330. The molecule has 0 unspecified atom stereocenters. The molecule has 2 aromatic carbocycles. The zero-order valence-corrected chi connectivity index (χ0v) is 20.4. The molecular weight excluding hydrogens is 476 g/mol. The molecule has 4 rings (SSSR count). The number of likely N-dealkylation sites (N-methyl/N-ethyl adjacent to an activating group) is 1. The van der Waals surface area contributed by atoms with Crippen molar-refractivity contribution in [2.45, 2.75) is 36.9 Å². The van der Waals surface area contributed by atoms with Crippen LogP contribution in [0, 0.1) is 0 Å². The maximum Gasteiger partial charge on any atom is 0.245 e. The fourth-order valence-corrected chi connectivity index (χ4v) is 5.55. The number of fused-ring (bicyclic) bond motifs is 1. The molecule has 0 bridgehead atoms. The summed E-state index contributed by atoms with van der Waals surface area (Å²) in [5, 5.41) is 2.10. The average Bonchev–Trinajstić information content (AvgIpc) is 3.17. The van der Waals surface area contributed by atoms with Crippen LogP contribution in [0.5, 0.6) is 0 Å². The number of carbonyl (C=O) groups is 2. The van der Waals surface area contributed by atoms with Gasteiger partial charge in [-0.2, -0.15) is 4.72 Å². The standard InChI is InChI=1S/C24H25ClN4O4S/c1-16(23(30)28(2)15-17-4-3-10-26-14-17)29-11-9-22(24(29)31)27-34(32,33)21-8-6-18-12-20(25)7-5-19(18)13-21/h3-8,10,12-14,16,22,27H,9,11,15H2,1-2H3/t16-,22-/m0/s1. The number of nitrogens with zero attached hydrogens (tertiary/aromatic N) is 3. The fraction of sp³-hybridized carbons (Fsp3) is 0.292. The number of nitrogens with one attached hydrogen (secondary N) is 1. The van der Waals surface area contributed by atoms with Crippen LogP contribution < -0.4 is 4.72 Å². The molecule has 0 saturated carbocycles. The summed E-state index contributed by atoms with van der Waals surface area (Å²) in [7, 11) is -2.27. The van der Waals surface area contributed by atoms with Gasteiger partial charge in [-0.3, -0.25) is 14.6 Å². The quantitative estimate of drug-likeness (QED) is 0.537. The first-order chi connectivity index (χ1) is 16.2. The Balaban J connectivity index is 1.43. The lowest BCUT2D eigenvalue weighted by Crippen LogP contribution is -2.49. The normalized spacial score (nSPS) is 17.2. The summed E-state index contributed by atoms with van der Waals surface area (Å²) < 4.78 is 28.5. The molecule has 2 heterocycles. The van der Waals surface area contributed by atoms with Gasteiger partial charge in [-0.25, -0.2) is 8.42 Å². The van der Waals surface area contributed by atoms with Crippen molar-refractivity contribution in [3.8, 4) is 0 Å². The van der Waals surface area contributed by atoms with Gasteiger partial charge in [0.15, 0.2) is 0 Å². The van der Waals surface area contributed by atoms with Crippen molar-refractivity contribution in [1.29, 1.82) is 0 Å². The number of aromatic nitrogens is 1. The van der Waals surface area contributed by atoms with Crippen LogP contribution in [0.4, 0.5) is 0 Å². The summed E-state index contributed by atoms with van der Waals surface area (Å²) in [5.41, 5.74) is 0.876. The van der Waals surface area contributed by atoms with E-state index < -0.39 is 28.0 Å². The van der Waals surface area contributed by atoms with Gasteiger partial charge in [-0.05, 0) is 60.0 Å². The Labute approximate surface area is 203 Å². The largest absolute Gasteiger partial charge is 0.340 e. The second-order valence-corrected chi connectivity index (χ2v) is 10.5. The van der Waals surface area contributed by atoms with Gasteiger partial charge >= 0.3 is 0 Å². The number of sulfonamides is 1. The highest BCUT2D eigenvalue weighted by Crippen LogP contribution is 2.24. The minimum atomic E-state index is -3.94. The summed E-state index contributed by atoms with van der Waals surface area (Å²) in [6.45, 7) is 2.31. The second-order valence-electron chi connectivity index (χ2n) is 8.38. The van der Waals surface area contributed by atoms with E-state index in [1.54, 1.807) is 62.8 Å². The van der Waals surface area contributed by atoms with E-state index in [4.69, 9.17) is 11.6 Å². The number of amides is 2. The lowest BCUT2D eigenvalue weighted by Gasteiger charge is -2.28. The SMILES string of the molecule is C[C@@H](C(=O)N(C)Cc1cccnc1)N1CC[C@H](NS(=O)(=O)c2ccc3cc(Cl)ccc3c2)C1=O. The molecule has 0 spiro atoms. The molecule has 0 aliphatic carbocycles. The van der Waals surface area contributed by atoms with Crippen LogP contribution in [0.1, 0.15) is 18.9 Å². The van der Waals surface area contributed by atoms with E-state index in [1.807, 2.05) is 6.07 Å². The Morgan fingerprint density at radius 2 is 1.97 bits per heavy atom. The molecule has 8 nitrogen and oxygen atoms in total. The number of benzene rings is 2. The van der Waals surface area contributed by atoms with Crippen molar-refractivity contribution in [3.63, 3.8) is 0 Å². The minimum absolute atomic E-state index is 0.0638. The van der Waals surface area contributed by atoms with Gasteiger partial charge in [0, 0.05) is 37.6 Å². The zero-order valence-electron chi connectivity index (χ0n) is 18.8. The molecule has 1 saturated heterocycles. The monoisotopic (exact) mass is 500 g/mol. The number of halogens is 1. The van der Waals surface area contributed by atoms with E-state index in [0.717, 1.165) is 16.3 Å². The van der Waals surface area contributed by atoms with Crippen LogP contribution in [0.2, 0.25) is 5.02 Å². The van der Waals surface area contributed by atoms with E-state index >= 15 is 0 Å². The molecule has 1 aliphatic rings. The first-order valence-corrected chi connectivity index (χ1v) is 12.7. The molecule has 2 atom stereocenters. The van der Waals surface area contributed by atoms with Crippen molar-refractivity contribution in [1.82, 2.24) is 19.5 Å². The Morgan fingerprint density at radius 1 is 1.24 bits per heavy atom. The van der Waals surface area contributed by atoms with Gasteiger partial charge in [0.1, 0.15) is 12.1 Å². The summed E-state index contributed by atoms with van der Waals surface area (Å²) in [4.78, 5) is 33.0. The third kappa shape index (κ3) is 5.06. The molecule has 1 fully saturated rings. The van der Waals surface area contributed by atoms with Crippen molar-refractivity contribution in [2.75, 3.05) is 13.6 Å². The lowest BCUT2D eigenvalue weighted by atomic mass is 10.1. The van der Waals surface area contributed by atoms with E-state index in [9.17, 15) is 18.0 Å². The van der Waals surface area contributed by atoms with Gasteiger partial charge in [0.25, 0.3) is 0 Å². The van der Waals surface area contributed by atoms with Crippen LogP contribution in [0.3, 0.4) is 0 Å². The van der Waals surface area contributed by atoms with E-state index in [-0.39, 0.29) is 23.8 Å². The summed E-state index contributed by atoms with van der Waals surface area (Å²) in [5.74, 6) is -0.638. The number of rotatable bonds is 7. The first-order valence-electron chi connectivity index (χ1n) is 10.8. The molecular formula is C24H25ClN4O4S. The minimum Gasteiger partial charge on any atom is -0.340 e. The number of likely N-dealkylation sites (tertiary alicyclic amines) is 1. The highest BCUT2D eigenvalue weighted by atomic mass is 35.5. The van der Waals surface area contributed by atoms with Gasteiger partial charge in [-0.1, -0.05) is 29.8 Å². The van der Waals surface area contributed by atoms with Crippen LogP contribution >= 0.6 is 11.6 Å². The summed E-state index contributed by atoms with van der Waals surface area (Å²) in [6, 6.07) is 11.9. The highest BCUT2D eigenvalue weighted by Gasteiger charge is 2.39. The summed E-state index contributed by atoms with van der Waals surface area (Å²) >= 11 is 6.00. The first kappa shape index (κ1) is 24.1. The van der Waals surface area contributed by atoms with Crippen LogP contribution in [-0.4, -0.2) is 60.7 Å². The van der Waals surface area contributed by atoms with Gasteiger partial charge in [0.05, 0.1) is 4.90 Å². The number of hydrogen-bond acceptors (Lipinski definition) is 5. The van der Waals surface area contributed by atoms with E-state index in [0.29, 0.717) is 11.6 Å². The van der Waals surface area contributed by atoms with Crippen molar-refractivity contribution < 1.29 is 18.0 Å². The average molecular weight is 501 g/mol. The molecule has 3 aromatic rings. The third-order valence-electron chi connectivity index (χ3n) is 5.96. The maximum atomic E-state index is 13.0. The van der Waals surface area contributed by atoms with Gasteiger partial charge in [0.2, 0.25) is 21.8 Å². The topological polar surface area (TPSA) is 99.7 Å². The molecule has 2 amide bonds. The molecule has 178 valence electrons. The predicted molar refractivity (Wildman–Crippen MR) is 130 cm³/mol. The van der Waals surface area contributed by atoms with Gasteiger partial charge in [-0.15, -0.1) is 0 Å². The third-order valence-corrected chi connectivity index (χ3v) is 7.67. The predicted octanol–water partition coefficient (Wildman–Crippen LogP) is 2.81. The second kappa shape index (κ2) is 9.69. The van der Waals surface area contributed by atoms with Gasteiger partial charge < -0.3 is 9.80 Å². The molecule has 1 aliphatic heterocycles.